The van der Waals surface area contributed by atoms with Crippen molar-refractivity contribution in [2.45, 2.75) is 57.2 Å². The lowest BCUT2D eigenvalue weighted by atomic mass is 9.99. The zero-order valence-corrected chi connectivity index (χ0v) is 13.6. The van der Waals surface area contributed by atoms with Crippen LogP contribution in [0.5, 0.6) is 0 Å². The smallest absolute Gasteiger partial charge is 0.408 e. The van der Waals surface area contributed by atoms with Crippen LogP contribution in [-0.4, -0.2) is 65.6 Å². The Bertz CT molecular complexity index is 428. The van der Waals surface area contributed by atoms with Gasteiger partial charge in [-0.1, -0.05) is 0 Å². The molecule has 2 saturated heterocycles. The predicted molar refractivity (Wildman–Crippen MR) is 79.8 cm³/mol. The van der Waals surface area contributed by atoms with E-state index in [0.29, 0.717) is 19.6 Å². The van der Waals surface area contributed by atoms with Gasteiger partial charge in [0.25, 0.3) is 0 Å². The van der Waals surface area contributed by atoms with Crippen molar-refractivity contribution in [3.8, 4) is 0 Å². The maximum Gasteiger partial charge on any atom is 0.408 e. The van der Waals surface area contributed by atoms with Crippen LogP contribution in [0.4, 0.5) is 4.79 Å². The number of hydrogen-bond donors (Lipinski definition) is 2. The van der Waals surface area contributed by atoms with Crippen LogP contribution in [0.25, 0.3) is 0 Å². The van der Waals surface area contributed by atoms with Crippen LogP contribution in [-0.2, 0) is 14.3 Å². The average Bonchev–Trinajstić information content (AvgIpc) is 2.83. The largest absolute Gasteiger partial charge is 0.479 e. The van der Waals surface area contributed by atoms with Crippen molar-refractivity contribution in [1.29, 1.82) is 0 Å². The molecule has 0 spiro atoms. The molecule has 2 atom stereocenters. The van der Waals surface area contributed by atoms with Gasteiger partial charge in [-0.15, -0.1) is 0 Å². The SMILES string of the molecule is CC(C)(C)OC(=O)NC1(C(=O)O)CCN(C2CCCOC2)C1. The standard InChI is InChI=1S/C15H26N2O5/c1-14(2,3)22-13(20)16-15(12(18)19)6-7-17(10-15)11-5-4-8-21-9-11/h11H,4-10H2,1-3H3,(H,16,20)(H,18,19). The molecule has 1 amide bonds. The number of carboxylic acids is 1. The topological polar surface area (TPSA) is 88.1 Å². The van der Waals surface area contributed by atoms with Crippen LogP contribution >= 0.6 is 0 Å². The molecule has 0 radical (unpaired) electrons. The Labute approximate surface area is 130 Å². The second-order valence-corrected chi connectivity index (χ2v) is 7.11. The Hall–Kier alpha value is -1.34. The highest BCUT2D eigenvalue weighted by Gasteiger charge is 2.48. The summed E-state index contributed by atoms with van der Waals surface area (Å²) in [5.41, 5.74) is -1.93. The van der Waals surface area contributed by atoms with Crippen molar-refractivity contribution in [3.05, 3.63) is 0 Å². The summed E-state index contributed by atoms with van der Waals surface area (Å²) in [5.74, 6) is -1.02. The van der Waals surface area contributed by atoms with Gasteiger partial charge in [-0.3, -0.25) is 4.90 Å². The molecule has 2 rings (SSSR count). The number of rotatable bonds is 3. The van der Waals surface area contributed by atoms with Crippen LogP contribution in [0.2, 0.25) is 0 Å². The van der Waals surface area contributed by atoms with Crippen LogP contribution in [0.1, 0.15) is 40.0 Å². The molecule has 0 aromatic carbocycles. The van der Waals surface area contributed by atoms with Crippen LogP contribution in [0.15, 0.2) is 0 Å². The molecular formula is C15H26N2O5. The van der Waals surface area contributed by atoms with Gasteiger partial charge in [0, 0.05) is 25.7 Å². The van der Waals surface area contributed by atoms with E-state index < -0.39 is 23.2 Å². The van der Waals surface area contributed by atoms with Gasteiger partial charge in [-0.25, -0.2) is 9.59 Å². The van der Waals surface area contributed by atoms with Gasteiger partial charge in [0.2, 0.25) is 0 Å². The molecule has 2 unspecified atom stereocenters. The van der Waals surface area contributed by atoms with Crippen molar-refractivity contribution in [2.24, 2.45) is 0 Å². The summed E-state index contributed by atoms with van der Waals surface area (Å²) < 4.78 is 10.7. The molecule has 0 aromatic heterocycles. The first-order chi connectivity index (χ1) is 10.2. The minimum absolute atomic E-state index is 0.232. The normalized spacial score (nSPS) is 30.0. The third-order valence-electron chi connectivity index (χ3n) is 4.10. The number of carbonyl (C=O) groups is 2. The molecule has 2 aliphatic rings. The highest BCUT2D eigenvalue weighted by molar-refractivity contribution is 5.85. The fraction of sp³-hybridized carbons (Fsp3) is 0.867. The first-order valence-electron chi connectivity index (χ1n) is 7.78. The molecule has 2 heterocycles. The molecule has 126 valence electrons. The van der Waals surface area contributed by atoms with E-state index in [4.69, 9.17) is 9.47 Å². The average molecular weight is 314 g/mol. The van der Waals surface area contributed by atoms with Gasteiger partial charge in [0.1, 0.15) is 5.60 Å². The minimum atomic E-state index is -1.28. The number of carboxylic acid groups (broad SMARTS) is 1. The number of nitrogens with one attached hydrogen (secondary N) is 1. The van der Waals surface area contributed by atoms with Crippen LogP contribution in [0.3, 0.4) is 0 Å². The van der Waals surface area contributed by atoms with E-state index in [2.05, 4.69) is 10.2 Å². The minimum Gasteiger partial charge on any atom is -0.479 e. The van der Waals surface area contributed by atoms with E-state index in [1.54, 1.807) is 20.8 Å². The van der Waals surface area contributed by atoms with E-state index in [-0.39, 0.29) is 12.6 Å². The van der Waals surface area contributed by atoms with E-state index >= 15 is 0 Å². The number of likely N-dealkylation sites (tertiary alicyclic amines) is 1. The quantitative estimate of drug-likeness (QED) is 0.814. The number of carbonyl (C=O) groups excluding carboxylic acids is 1. The number of hydrogen-bond acceptors (Lipinski definition) is 5. The molecule has 7 heteroatoms. The summed E-state index contributed by atoms with van der Waals surface area (Å²) in [7, 11) is 0. The maximum absolute atomic E-state index is 12.0. The number of ether oxygens (including phenoxy) is 2. The Balaban J connectivity index is 2.01. The van der Waals surface area contributed by atoms with Gasteiger partial charge in [-0.05, 0) is 40.0 Å². The molecule has 2 fully saturated rings. The summed E-state index contributed by atoms with van der Waals surface area (Å²) in [6, 6.07) is 0.232. The highest BCUT2D eigenvalue weighted by Crippen LogP contribution is 2.27. The zero-order valence-electron chi connectivity index (χ0n) is 13.6. The molecule has 22 heavy (non-hydrogen) atoms. The lowest BCUT2D eigenvalue weighted by molar-refractivity contribution is -0.144. The van der Waals surface area contributed by atoms with Crippen molar-refractivity contribution >= 4 is 12.1 Å². The molecule has 2 aliphatic heterocycles. The van der Waals surface area contributed by atoms with Crippen molar-refractivity contribution in [3.63, 3.8) is 0 Å². The van der Waals surface area contributed by atoms with Crippen molar-refractivity contribution in [2.75, 3.05) is 26.3 Å². The zero-order chi connectivity index (χ0) is 16.4. The Morgan fingerprint density at radius 3 is 2.68 bits per heavy atom. The van der Waals surface area contributed by atoms with Gasteiger partial charge in [0.05, 0.1) is 6.61 Å². The Morgan fingerprint density at radius 2 is 2.14 bits per heavy atom. The van der Waals surface area contributed by atoms with Gasteiger partial charge in [0.15, 0.2) is 5.54 Å². The van der Waals surface area contributed by atoms with E-state index in [1.165, 1.54) is 0 Å². The van der Waals surface area contributed by atoms with Gasteiger partial charge >= 0.3 is 12.1 Å². The van der Waals surface area contributed by atoms with Crippen LogP contribution in [0, 0.1) is 0 Å². The number of nitrogens with zero attached hydrogens (tertiary/aromatic N) is 1. The molecule has 7 nitrogen and oxygen atoms in total. The second kappa shape index (κ2) is 6.42. The number of amides is 1. The Kier molecular flexibility index (Phi) is 4.97. The Morgan fingerprint density at radius 1 is 1.41 bits per heavy atom. The lowest BCUT2D eigenvalue weighted by Crippen LogP contribution is -2.58. The van der Waals surface area contributed by atoms with Crippen molar-refractivity contribution in [1.82, 2.24) is 10.2 Å². The van der Waals surface area contributed by atoms with Crippen LogP contribution < -0.4 is 5.32 Å². The third kappa shape index (κ3) is 4.10. The molecule has 2 N–H and O–H groups in total. The predicted octanol–water partition coefficient (Wildman–Crippen LogP) is 1.22. The number of alkyl carbamates (subject to hydrolysis) is 1. The fourth-order valence-corrected chi connectivity index (χ4v) is 2.99. The molecular weight excluding hydrogens is 288 g/mol. The van der Waals surface area contributed by atoms with Gasteiger partial charge in [-0.2, -0.15) is 0 Å². The van der Waals surface area contributed by atoms with Crippen molar-refractivity contribution < 1.29 is 24.2 Å². The first kappa shape index (κ1) is 17.0. The fourth-order valence-electron chi connectivity index (χ4n) is 2.99. The monoisotopic (exact) mass is 314 g/mol. The second-order valence-electron chi connectivity index (χ2n) is 7.11. The van der Waals surface area contributed by atoms with E-state index in [9.17, 15) is 14.7 Å². The van der Waals surface area contributed by atoms with Gasteiger partial charge < -0.3 is 19.9 Å². The summed E-state index contributed by atoms with van der Waals surface area (Å²) in [4.78, 5) is 25.8. The summed E-state index contributed by atoms with van der Waals surface area (Å²) in [5, 5.41) is 12.2. The third-order valence-corrected chi connectivity index (χ3v) is 4.10. The highest BCUT2D eigenvalue weighted by atomic mass is 16.6. The van der Waals surface area contributed by atoms with E-state index in [0.717, 1.165) is 19.4 Å². The molecule has 0 bridgehead atoms. The first-order valence-corrected chi connectivity index (χ1v) is 7.78. The lowest BCUT2D eigenvalue weighted by Gasteiger charge is -2.33. The summed E-state index contributed by atoms with van der Waals surface area (Å²) in [6.45, 7) is 7.57. The summed E-state index contributed by atoms with van der Waals surface area (Å²) >= 11 is 0. The molecule has 0 saturated carbocycles. The maximum atomic E-state index is 12.0. The summed E-state index contributed by atoms with van der Waals surface area (Å²) in [6.07, 6.45) is 1.68. The molecule has 0 aromatic rings. The number of aliphatic carboxylic acids is 1. The van der Waals surface area contributed by atoms with E-state index in [1.807, 2.05) is 0 Å². The molecule has 0 aliphatic carbocycles.